The average Bonchev–Trinajstić information content (AvgIpc) is 2.72. The van der Waals surface area contributed by atoms with Crippen molar-refractivity contribution in [2.75, 3.05) is 6.61 Å². The number of amides is 1. The molecule has 1 amide bonds. The van der Waals surface area contributed by atoms with Gasteiger partial charge in [-0.25, -0.2) is 14.6 Å². The van der Waals surface area contributed by atoms with E-state index in [1.54, 1.807) is 31.2 Å². The van der Waals surface area contributed by atoms with Crippen molar-refractivity contribution in [3.63, 3.8) is 0 Å². The highest BCUT2D eigenvalue weighted by molar-refractivity contribution is 8.00. The smallest absolute Gasteiger partial charge is 0.317 e. The van der Waals surface area contributed by atoms with Crippen LogP contribution in [0.25, 0.3) is 0 Å². The maximum absolute atomic E-state index is 14.4. The number of fused-ring (bicyclic) bond motifs is 1. The third-order valence-corrected chi connectivity index (χ3v) is 6.72. The summed E-state index contributed by atoms with van der Waals surface area (Å²) in [6.45, 7) is 1.88. The SMILES string of the molecule is CCC(SC1(N(N)C(=O)C(F)F)CCOc2ccccc21)c1cc(F)ccc1F. The molecule has 0 saturated heterocycles. The van der Waals surface area contributed by atoms with E-state index in [4.69, 9.17) is 10.6 Å². The first-order chi connectivity index (χ1) is 13.8. The third-order valence-electron chi connectivity index (χ3n) is 4.83. The molecule has 2 atom stereocenters. The Bertz CT molecular complexity index is 899. The number of carbonyl (C=O) groups is 1. The number of thioether (sulfide) groups is 1. The summed E-state index contributed by atoms with van der Waals surface area (Å²) in [4.78, 5) is 10.7. The van der Waals surface area contributed by atoms with Gasteiger partial charge in [0, 0.05) is 22.8 Å². The number of carbonyl (C=O) groups excluding carboxylic acids is 1. The molecule has 29 heavy (non-hydrogen) atoms. The third kappa shape index (κ3) is 4.06. The van der Waals surface area contributed by atoms with Gasteiger partial charge in [-0.2, -0.15) is 8.78 Å². The van der Waals surface area contributed by atoms with Crippen LogP contribution in [0.5, 0.6) is 5.75 Å². The molecule has 2 aromatic carbocycles. The lowest BCUT2D eigenvalue weighted by atomic mass is 9.99. The Morgan fingerprint density at radius 3 is 2.69 bits per heavy atom. The Morgan fingerprint density at radius 2 is 2.00 bits per heavy atom. The Labute approximate surface area is 170 Å². The summed E-state index contributed by atoms with van der Waals surface area (Å²) in [6.07, 6.45) is -2.85. The van der Waals surface area contributed by atoms with E-state index in [0.717, 1.165) is 30.0 Å². The van der Waals surface area contributed by atoms with Gasteiger partial charge in [0.1, 0.15) is 22.3 Å². The number of halogens is 4. The van der Waals surface area contributed by atoms with Gasteiger partial charge in [-0.15, -0.1) is 11.8 Å². The summed E-state index contributed by atoms with van der Waals surface area (Å²) >= 11 is 1.05. The number of alkyl halides is 2. The molecule has 9 heteroatoms. The number of nitrogens with zero attached hydrogens (tertiary/aromatic N) is 1. The number of hydrogen-bond acceptors (Lipinski definition) is 4. The highest BCUT2D eigenvalue weighted by Crippen LogP contribution is 2.54. The molecule has 2 unspecified atom stereocenters. The van der Waals surface area contributed by atoms with Gasteiger partial charge in [0.2, 0.25) is 0 Å². The van der Waals surface area contributed by atoms with Crippen LogP contribution in [-0.4, -0.2) is 23.9 Å². The summed E-state index contributed by atoms with van der Waals surface area (Å²) in [5.74, 6) is 3.56. The molecule has 2 N–H and O–H groups in total. The van der Waals surface area contributed by atoms with Crippen molar-refractivity contribution in [3.8, 4) is 5.75 Å². The summed E-state index contributed by atoms with van der Waals surface area (Å²) in [5, 5.41) is -0.128. The quantitative estimate of drug-likeness (QED) is 0.237. The summed E-state index contributed by atoms with van der Waals surface area (Å²) in [6, 6.07) is 9.76. The predicted octanol–water partition coefficient (Wildman–Crippen LogP) is 4.75. The fourth-order valence-electron chi connectivity index (χ4n) is 3.43. The lowest BCUT2D eigenvalue weighted by molar-refractivity contribution is -0.147. The molecule has 0 radical (unpaired) electrons. The van der Waals surface area contributed by atoms with E-state index in [1.807, 2.05) is 0 Å². The van der Waals surface area contributed by atoms with Crippen molar-refractivity contribution in [3.05, 3.63) is 65.2 Å². The fourth-order valence-corrected chi connectivity index (χ4v) is 5.07. The van der Waals surface area contributed by atoms with Gasteiger partial charge in [-0.05, 0) is 30.7 Å². The zero-order chi connectivity index (χ0) is 21.2. The molecular formula is C20H20F4N2O2S. The maximum atomic E-state index is 14.4. The first kappa shape index (κ1) is 21.4. The van der Waals surface area contributed by atoms with E-state index in [2.05, 4.69) is 0 Å². The molecule has 1 aliphatic heterocycles. The topological polar surface area (TPSA) is 55.6 Å². The van der Waals surface area contributed by atoms with Crippen LogP contribution < -0.4 is 10.6 Å². The van der Waals surface area contributed by atoms with E-state index in [1.165, 1.54) is 0 Å². The Hall–Kier alpha value is -2.26. The molecular weight excluding hydrogens is 408 g/mol. The van der Waals surface area contributed by atoms with Crippen molar-refractivity contribution in [1.29, 1.82) is 0 Å². The molecule has 4 nitrogen and oxygen atoms in total. The molecule has 0 fully saturated rings. The van der Waals surface area contributed by atoms with Crippen LogP contribution in [0.15, 0.2) is 42.5 Å². The largest absolute Gasteiger partial charge is 0.493 e. The van der Waals surface area contributed by atoms with Gasteiger partial charge in [0.05, 0.1) is 6.61 Å². The number of hydrogen-bond donors (Lipinski definition) is 1. The average molecular weight is 428 g/mol. The Kier molecular flexibility index (Phi) is 6.38. The van der Waals surface area contributed by atoms with Crippen molar-refractivity contribution >= 4 is 17.7 Å². The molecule has 1 heterocycles. The Balaban J connectivity index is 2.12. The minimum atomic E-state index is -3.31. The van der Waals surface area contributed by atoms with Crippen molar-refractivity contribution in [2.45, 2.75) is 36.3 Å². The predicted molar refractivity (Wildman–Crippen MR) is 102 cm³/mol. The first-order valence-electron chi connectivity index (χ1n) is 9.02. The summed E-state index contributed by atoms with van der Waals surface area (Å²) < 4.78 is 60.2. The maximum Gasteiger partial charge on any atom is 0.317 e. The van der Waals surface area contributed by atoms with Crippen LogP contribution in [-0.2, 0) is 9.67 Å². The summed E-state index contributed by atoms with van der Waals surface area (Å²) in [5.41, 5.74) is 0.516. The molecule has 156 valence electrons. The van der Waals surface area contributed by atoms with Gasteiger partial charge in [0.15, 0.2) is 0 Å². The van der Waals surface area contributed by atoms with E-state index in [9.17, 15) is 22.4 Å². The van der Waals surface area contributed by atoms with Crippen LogP contribution in [0.3, 0.4) is 0 Å². The second-order valence-electron chi connectivity index (χ2n) is 6.57. The lowest BCUT2D eigenvalue weighted by Crippen LogP contribution is -2.56. The molecule has 1 aliphatic rings. The minimum absolute atomic E-state index is 0.0822. The molecule has 2 aromatic rings. The van der Waals surface area contributed by atoms with Crippen molar-refractivity contribution in [2.24, 2.45) is 5.84 Å². The van der Waals surface area contributed by atoms with Crippen LogP contribution in [0.2, 0.25) is 0 Å². The fraction of sp³-hybridized carbons (Fsp3) is 0.350. The first-order valence-corrected chi connectivity index (χ1v) is 9.90. The number of hydrazine groups is 1. The van der Waals surface area contributed by atoms with Crippen LogP contribution in [0, 0.1) is 11.6 Å². The zero-order valence-electron chi connectivity index (χ0n) is 15.6. The normalized spacial score (nSPS) is 19.4. The molecule has 0 saturated carbocycles. The van der Waals surface area contributed by atoms with Gasteiger partial charge in [-0.1, -0.05) is 25.1 Å². The van der Waals surface area contributed by atoms with E-state index >= 15 is 0 Å². The number of nitrogens with two attached hydrogens (primary N) is 1. The second-order valence-corrected chi connectivity index (χ2v) is 8.05. The lowest BCUT2D eigenvalue weighted by Gasteiger charge is -2.45. The van der Waals surface area contributed by atoms with Gasteiger partial charge in [0.25, 0.3) is 0 Å². The number of ether oxygens (including phenoxy) is 1. The molecule has 3 rings (SSSR count). The van der Waals surface area contributed by atoms with Crippen molar-refractivity contribution in [1.82, 2.24) is 5.01 Å². The number of benzene rings is 2. The van der Waals surface area contributed by atoms with E-state index in [0.29, 0.717) is 22.7 Å². The van der Waals surface area contributed by atoms with Gasteiger partial charge >= 0.3 is 12.3 Å². The summed E-state index contributed by atoms with van der Waals surface area (Å²) in [7, 11) is 0. The molecule has 0 spiro atoms. The Morgan fingerprint density at radius 1 is 1.28 bits per heavy atom. The van der Waals surface area contributed by atoms with Crippen LogP contribution >= 0.6 is 11.8 Å². The minimum Gasteiger partial charge on any atom is -0.493 e. The highest BCUT2D eigenvalue weighted by Gasteiger charge is 2.48. The van der Waals surface area contributed by atoms with Gasteiger partial charge in [-0.3, -0.25) is 9.80 Å². The number of para-hydroxylation sites is 1. The standard InChI is InChI=1S/C20H20F4N2O2S/c1-2-17(13-11-12(21)7-8-15(13)22)29-20(26(25)19(27)18(23)24)9-10-28-16-6-4-3-5-14(16)20/h3-8,11,17-18H,2,9-10,25H2,1H3. The van der Waals surface area contributed by atoms with E-state index < -0.39 is 34.1 Å². The van der Waals surface area contributed by atoms with Crippen LogP contribution in [0.1, 0.15) is 36.1 Å². The zero-order valence-corrected chi connectivity index (χ0v) is 16.4. The highest BCUT2D eigenvalue weighted by atomic mass is 32.2. The second kappa shape index (κ2) is 8.62. The molecule has 0 aromatic heterocycles. The van der Waals surface area contributed by atoms with E-state index in [-0.39, 0.29) is 18.6 Å². The van der Waals surface area contributed by atoms with Crippen molar-refractivity contribution < 1.29 is 27.1 Å². The monoisotopic (exact) mass is 428 g/mol. The molecule has 0 bridgehead atoms. The van der Waals surface area contributed by atoms with Gasteiger partial charge < -0.3 is 4.74 Å². The van der Waals surface area contributed by atoms with Crippen LogP contribution in [0.4, 0.5) is 17.6 Å². The molecule has 0 aliphatic carbocycles. The number of rotatable bonds is 6.